The molecular weight excluding hydrogens is 519 g/mol. The molecule has 4 aliphatic rings. The summed E-state index contributed by atoms with van der Waals surface area (Å²) in [6, 6.07) is 7.65. The molecule has 0 bridgehead atoms. The number of nitrogens with one attached hydrogen (secondary N) is 1. The summed E-state index contributed by atoms with van der Waals surface area (Å²) in [5, 5.41) is 3.38. The highest BCUT2D eigenvalue weighted by Gasteiger charge is 2.62. The molecule has 0 spiro atoms. The van der Waals surface area contributed by atoms with Crippen molar-refractivity contribution in [3.05, 3.63) is 29.8 Å². The van der Waals surface area contributed by atoms with E-state index in [1.54, 1.807) is 0 Å². The Hall–Kier alpha value is -1.46. The summed E-state index contributed by atoms with van der Waals surface area (Å²) in [6.07, 6.45) is 9.18. The second-order valence-corrected chi connectivity index (χ2v) is 13.8. The number of fused-ring (bicyclic) bond motifs is 5. The average molecular weight is 564 g/mol. The van der Waals surface area contributed by atoms with Gasteiger partial charge in [-0.25, -0.2) is 4.79 Å². The highest BCUT2D eigenvalue weighted by molar-refractivity contribution is 6.18. The highest BCUT2D eigenvalue weighted by Crippen LogP contribution is 2.67. The third-order valence-corrected chi connectivity index (χ3v) is 11.6. The molecule has 0 unspecified atom stereocenters. The van der Waals surface area contributed by atoms with Crippen LogP contribution in [-0.4, -0.2) is 48.4 Å². The van der Waals surface area contributed by atoms with Crippen LogP contribution in [0.5, 0.6) is 0 Å². The van der Waals surface area contributed by atoms with Crippen LogP contribution < -0.4 is 10.2 Å². The lowest BCUT2D eigenvalue weighted by atomic mass is 9.40. The van der Waals surface area contributed by atoms with Crippen molar-refractivity contribution >= 4 is 40.8 Å². The molecule has 1 saturated heterocycles. The summed E-state index contributed by atoms with van der Waals surface area (Å²) in [5.41, 5.74) is 1.77. The van der Waals surface area contributed by atoms with Gasteiger partial charge in [-0.15, -0.1) is 23.2 Å². The first-order valence-corrected chi connectivity index (χ1v) is 15.7. The van der Waals surface area contributed by atoms with Crippen LogP contribution in [0.1, 0.15) is 88.9 Å². The van der Waals surface area contributed by atoms with Gasteiger partial charge in [0.15, 0.2) is 0 Å². The third kappa shape index (κ3) is 4.85. The first-order valence-electron chi connectivity index (χ1n) is 14.6. The fraction of sp³-hybridized carbons (Fsp3) is 0.742. The second-order valence-electron chi connectivity index (χ2n) is 13.1. The topological polar surface area (TPSA) is 58.6 Å². The van der Waals surface area contributed by atoms with E-state index in [9.17, 15) is 9.59 Å². The van der Waals surface area contributed by atoms with Gasteiger partial charge in [0.1, 0.15) is 6.10 Å². The Morgan fingerprint density at radius 3 is 2.47 bits per heavy atom. The lowest BCUT2D eigenvalue weighted by Crippen LogP contribution is -2.65. The molecule has 0 aromatic heterocycles. The Morgan fingerprint density at radius 2 is 1.74 bits per heavy atom. The quantitative estimate of drug-likeness (QED) is 0.293. The molecule has 1 aromatic rings. The number of hydrogen-bond acceptors (Lipinski definition) is 4. The summed E-state index contributed by atoms with van der Waals surface area (Å²) in [4.78, 5) is 27.8. The van der Waals surface area contributed by atoms with Crippen molar-refractivity contribution in [1.29, 1.82) is 0 Å². The molecule has 0 radical (unpaired) electrons. The summed E-state index contributed by atoms with van der Waals surface area (Å²) < 4.78 is 6.25. The van der Waals surface area contributed by atoms with Crippen LogP contribution in [0.25, 0.3) is 0 Å². The maximum Gasteiger partial charge on any atom is 0.340 e. The van der Waals surface area contributed by atoms with E-state index in [1.807, 2.05) is 24.3 Å². The zero-order chi connectivity index (χ0) is 27.1. The smallest absolute Gasteiger partial charge is 0.340 e. The summed E-state index contributed by atoms with van der Waals surface area (Å²) in [5.74, 6) is 2.84. The second kappa shape index (κ2) is 10.8. The number of amides is 1. The van der Waals surface area contributed by atoms with Gasteiger partial charge in [-0.1, -0.05) is 26.0 Å². The molecule has 3 saturated carbocycles. The fourth-order valence-electron chi connectivity index (χ4n) is 9.06. The molecule has 4 fully saturated rings. The number of esters is 1. The van der Waals surface area contributed by atoms with Crippen LogP contribution in [0.4, 0.5) is 5.69 Å². The van der Waals surface area contributed by atoms with Crippen LogP contribution in [0, 0.1) is 28.6 Å². The van der Waals surface area contributed by atoms with Gasteiger partial charge in [0.05, 0.1) is 11.3 Å². The molecular formula is C31H44Cl2N2O3. The van der Waals surface area contributed by atoms with E-state index in [0.29, 0.717) is 54.6 Å². The van der Waals surface area contributed by atoms with E-state index >= 15 is 0 Å². The van der Waals surface area contributed by atoms with Crippen LogP contribution in [0.15, 0.2) is 24.3 Å². The van der Waals surface area contributed by atoms with E-state index in [1.165, 1.54) is 12.8 Å². The Balaban J connectivity index is 1.30. The molecule has 1 amide bonds. The Labute approximate surface area is 238 Å². The zero-order valence-electron chi connectivity index (χ0n) is 23.2. The first-order chi connectivity index (χ1) is 18.1. The summed E-state index contributed by atoms with van der Waals surface area (Å²) >= 11 is 12.1. The lowest BCUT2D eigenvalue weighted by molar-refractivity contribution is -0.171. The molecule has 1 aliphatic heterocycles. The standard InChI is InChI=1S/C31H44Cl2N2O3/c1-29-13-11-22-24(12-15-31(3)25(22)8-9-27(36)34-31)30(29,2)14-10-21(20-29)38-28(37)23-6-4-5-7-26(23)35(18-16-32)19-17-33/h4-7,21-22,24-25H,8-20H2,1-3H3,(H,34,36)/t21-,22+,24-,25-,29-,30+,31-/m0/s1. The van der Waals surface area contributed by atoms with E-state index in [-0.39, 0.29) is 34.3 Å². The molecule has 1 heterocycles. The molecule has 7 heteroatoms. The monoisotopic (exact) mass is 562 g/mol. The molecule has 210 valence electrons. The molecule has 38 heavy (non-hydrogen) atoms. The number of halogens is 2. The van der Waals surface area contributed by atoms with Crippen LogP contribution in [0.2, 0.25) is 0 Å². The van der Waals surface area contributed by atoms with Crippen LogP contribution in [-0.2, 0) is 9.53 Å². The summed E-state index contributed by atoms with van der Waals surface area (Å²) in [7, 11) is 0. The van der Waals surface area contributed by atoms with E-state index in [4.69, 9.17) is 27.9 Å². The number of anilines is 1. The predicted octanol–water partition coefficient (Wildman–Crippen LogP) is 6.80. The van der Waals surface area contributed by atoms with Gasteiger partial charge in [-0.05, 0) is 99.0 Å². The first kappa shape index (κ1) is 28.1. The zero-order valence-corrected chi connectivity index (χ0v) is 24.8. The molecule has 3 aliphatic carbocycles. The van der Waals surface area contributed by atoms with E-state index in [0.717, 1.165) is 44.2 Å². The van der Waals surface area contributed by atoms with Crippen molar-refractivity contribution in [3.8, 4) is 0 Å². The van der Waals surface area contributed by atoms with Crippen LogP contribution in [0.3, 0.4) is 0 Å². The molecule has 7 atom stereocenters. The molecule has 1 aromatic carbocycles. The lowest BCUT2D eigenvalue weighted by Gasteiger charge is -2.66. The number of carbonyl (C=O) groups is 2. The van der Waals surface area contributed by atoms with Gasteiger partial charge < -0.3 is 15.0 Å². The molecule has 5 rings (SSSR count). The van der Waals surface area contributed by atoms with Gasteiger partial charge in [-0.3, -0.25) is 4.79 Å². The van der Waals surface area contributed by atoms with E-state index in [2.05, 4.69) is 31.0 Å². The average Bonchev–Trinajstić information content (AvgIpc) is 2.88. The fourth-order valence-corrected chi connectivity index (χ4v) is 9.47. The number of para-hydroxylation sites is 1. The van der Waals surface area contributed by atoms with E-state index < -0.39 is 0 Å². The normalized spacial score (nSPS) is 38.3. The van der Waals surface area contributed by atoms with Gasteiger partial charge >= 0.3 is 5.97 Å². The largest absolute Gasteiger partial charge is 0.459 e. The van der Waals surface area contributed by atoms with Gasteiger partial charge in [0, 0.05) is 36.8 Å². The van der Waals surface area contributed by atoms with Gasteiger partial charge in [0.2, 0.25) is 5.91 Å². The number of rotatable bonds is 7. The number of ether oxygens (including phenoxy) is 1. The number of hydrogen-bond donors (Lipinski definition) is 1. The highest BCUT2D eigenvalue weighted by atomic mass is 35.5. The van der Waals surface area contributed by atoms with Gasteiger partial charge in [-0.2, -0.15) is 0 Å². The number of nitrogens with zero attached hydrogens (tertiary/aromatic N) is 1. The van der Waals surface area contributed by atoms with Crippen molar-refractivity contribution in [2.24, 2.45) is 28.6 Å². The van der Waals surface area contributed by atoms with Crippen molar-refractivity contribution in [2.75, 3.05) is 29.7 Å². The number of benzene rings is 1. The Morgan fingerprint density at radius 1 is 1.00 bits per heavy atom. The maximum absolute atomic E-state index is 13.5. The third-order valence-electron chi connectivity index (χ3n) is 11.3. The van der Waals surface area contributed by atoms with Crippen molar-refractivity contribution in [2.45, 2.75) is 90.2 Å². The number of piperidine rings is 1. The Bertz CT molecular complexity index is 1050. The van der Waals surface area contributed by atoms with Crippen molar-refractivity contribution in [1.82, 2.24) is 5.32 Å². The van der Waals surface area contributed by atoms with Crippen LogP contribution >= 0.6 is 23.2 Å². The minimum absolute atomic E-state index is 0.0401. The molecule has 5 nitrogen and oxygen atoms in total. The molecule has 1 N–H and O–H groups in total. The summed E-state index contributed by atoms with van der Waals surface area (Å²) in [6.45, 7) is 8.53. The Kier molecular flexibility index (Phi) is 8.01. The minimum Gasteiger partial charge on any atom is -0.459 e. The SMILES string of the molecule is C[C@@]12CC[C@H]3[C@@H]4CCC(=O)N[C@@]4(C)CC[C@@H]3[C@@]1(C)CC[C@H](OC(=O)c1ccccc1N(CCCl)CCCl)C2. The predicted molar refractivity (Wildman–Crippen MR) is 154 cm³/mol. The van der Waals surface area contributed by atoms with Crippen molar-refractivity contribution in [3.63, 3.8) is 0 Å². The number of carbonyl (C=O) groups excluding carboxylic acids is 2. The number of alkyl halides is 2. The minimum atomic E-state index is -0.244. The van der Waals surface area contributed by atoms with Crippen molar-refractivity contribution < 1.29 is 14.3 Å². The van der Waals surface area contributed by atoms with Gasteiger partial charge in [0.25, 0.3) is 0 Å². The maximum atomic E-state index is 13.5.